The Hall–Kier alpha value is -1.89. The maximum absolute atomic E-state index is 12.0. The summed E-state index contributed by atoms with van der Waals surface area (Å²) >= 11 is 5.94. The van der Waals surface area contributed by atoms with Gasteiger partial charge >= 0.3 is 0 Å². The highest BCUT2D eigenvalue weighted by molar-refractivity contribution is 7.88. The largest absolute Gasteiger partial charge is 0.352 e. The van der Waals surface area contributed by atoms with Gasteiger partial charge < -0.3 is 5.32 Å². The van der Waals surface area contributed by atoms with Gasteiger partial charge in [0.2, 0.25) is 15.9 Å². The fraction of sp³-hybridized carbons (Fsp3) is 0.350. The quantitative estimate of drug-likeness (QED) is 0.667. The van der Waals surface area contributed by atoms with Crippen molar-refractivity contribution >= 4 is 27.5 Å². The molecule has 2 aromatic carbocycles. The Bertz CT molecular complexity index is 865. The van der Waals surface area contributed by atoms with Gasteiger partial charge in [-0.25, -0.2) is 13.1 Å². The van der Waals surface area contributed by atoms with Crippen molar-refractivity contribution in [2.24, 2.45) is 0 Å². The second-order valence-corrected chi connectivity index (χ2v) is 8.95. The highest BCUT2D eigenvalue weighted by Gasteiger charge is 2.12. The van der Waals surface area contributed by atoms with Gasteiger partial charge in [-0.1, -0.05) is 48.0 Å². The monoisotopic (exact) mass is 408 g/mol. The summed E-state index contributed by atoms with van der Waals surface area (Å²) in [6, 6.07) is 14.5. The molecular formula is C20H25ClN2O3S. The number of rotatable bonds is 9. The minimum absolute atomic E-state index is 0.0391. The highest BCUT2D eigenvalue weighted by Crippen LogP contribution is 2.12. The molecule has 0 atom stereocenters. The number of hydrogen-bond donors (Lipinski definition) is 2. The first-order valence-corrected chi connectivity index (χ1v) is 10.9. The number of carbonyl (C=O) groups excluding carboxylic acids is 1. The van der Waals surface area contributed by atoms with Crippen LogP contribution in [0.5, 0.6) is 0 Å². The lowest BCUT2D eigenvalue weighted by Crippen LogP contribution is -2.31. The molecule has 27 heavy (non-hydrogen) atoms. The van der Waals surface area contributed by atoms with E-state index in [-0.39, 0.29) is 17.7 Å². The summed E-state index contributed by atoms with van der Waals surface area (Å²) < 4.78 is 26.4. The number of benzene rings is 2. The van der Waals surface area contributed by atoms with Crippen LogP contribution in [0.25, 0.3) is 0 Å². The SMILES string of the molecule is CC(C)NS(=O)(=O)Cc1ccc(CNC(=O)CCc2cccc(Cl)c2)cc1. The van der Waals surface area contributed by atoms with Crippen molar-refractivity contribution in [3.8, 4) is 0 Å². The normalized spacial score (nSPS) is 11.6. The number of halogens is 1. The topological polar surface area (TPSA) is 75.3 Å². The molecule has 0 heterocycles. The lowest BCUT2D eigenvalue weighted by Gasteiger charge is -2.10. The van der Waals surface area contributed by atoms with Crippen LogP contribution in [0.1, 0.15) is 37.0 Å². The number of sulfonamides is 1. The summed E-state index contributed by atoms with van der Waals surface area (Å²) in [7, 11) is -3.34. The maximum atomic E-state index is 12.0. The van der Waals surface area contributed by atoms with E-state index in [1.807, 2.05) is 30.3 Å². The number of carbonyl (C=O) groups is 1. The van der Waals surface area contributed by atoms with Crippen LogP contribution < -0.4 is 10.0 Å². The van der Waals surface area contributed by atoms with E-state index in [2.05, 4.69) is 10.0 Å². The Morgan fingerprint density at radius 1 is 1.04 bits per heavy atom. The third-order valence-corrected chi connectivity index (χ3v) is 5.59. The van der Waals surface area contributed by atoms with E-state index in [4.69, 9.17) is 11.6 Å². The van der Waals surface area contributed by atoms with Crippen molar-refractivity contribution in [3.05, 3.63) is 70.2 Å². The molecule has 0 aliphatic rings. The molecule has 0 radical (unpaired) electrons. The molecule has 0 unspecified atom stereocenters. The third-order valence-electron chi connectivity index (χ3n) is 3.81. The van der Waals surface area contributed by atoms with Crippen molar-refractivity contribution in [1.82, 2.24) is 10.0 Å². The van der Waals surface area contributed by atoms with Crippen LogP contribution in [0.2, 0.25) is 5.02 Å². The first-order valence-electron chi connectivity index (χ1n) is 8.82. The van der Waals surface area contributed by atoms with Crippen LogP contribution in [0.15, 0.2) is 48.5 Å². The third kappa shape index (κ3) is 8.12. The molecule has 1 amide bonds. The summed E-state index contributed by atoms with van der Waals surface area (Å²) in [5.41, 5.74) is 2.65. The first kappa shape index (κ1) is 21.4. The molecule has 2 aromatic rings. The molecule has 0 aliphatic carbocycles. The molecule has 2 rings (SSSR count). The van der Waals surface area contributed by atoms with E-state index < -0.39 is 10.0 Å². The van der Waals surface area contributed by atoms with Gasteiger partial charge in [-0.2, -0.15) is 0 Å². The van der Waals surface area contributed by atoms with Gasteiger partial charge in [-0.3, -0.25) is 4.79 Å². The standard InChI is InChI=1S/C20H25ClN2O3S/c1-15(2)23-27(25,26)14-18-8-6-17(7-9-18)13-22-20(24)11-10-16-4-3-5-19(21)12-16/h3-9,12,15,23H,10-11,13-14H2,1-2H3,(H,22,24). The molecule has 0 bridgehead atoms. The predicted octanol–water partition coefficient (Wildman–Crippen LogP) is 3.42. The second kappa shape index (κ2) is 9.88. The van der Waals surface area contributed by atoms with Gasteiger partial charge in [0.1, 0.15) is 0 Å². The summed E-state index contributed by atoms with van der Waals surface area (Å²) in [6.45, 7) is 3.98. The zero-order chi connectivity index (χ0) is 19.9. The Morgan fingerprint density at radius 3 is 2.33 bits per heavy atom. The Kier molecular flexibility index (Phi) is 7.83. The molecule has 0 aliphatic heterocycles. The van der Waals surface area contributed by atoms with E-state index in [1.165, 1.54) is 0 Å². The average Bonchev–Trinajstić information content (AvgIpc) is 2.58. The van der Waals surface area contributed by atoms with Crippen molar-refractivity contribution in [2.75, 3.05) is 0 Å². The van der Waals surface area contributed by atoms with Crippen LogP contribution >= 0.6 is 11.6 Å². The molecule has 2 N–H and O–H groups in total. The van der Waals surface area contributed by atoms with Crippen molar-refractivity contribution < 1.29 is 13.2 Å². The summed E-state index contributed by atoms with van der Waals surface area (Å²) in [5.74, 6) is -0.0972. The smallest absolute Gasteiger partial charge is 0.220 e. The fourth-order valence-corrected chi connectivity index (χ4v) is 4.26. The Morgan fingerprint density at radius 2 is 1.70 bits per heavy atom. The molecule has 7 heteroatoms. The van der Waals surface area contributed by atoms with Gasteiger partial charge in [0.05, 0.1) is 5.75 Å². The lowest BCUT2D eigenvalue weighted by molar-refractivity contribution is -0.121. The summed E-state index contributed by atoms with van der Waals surface area (Å²) in [6.07, 6.45) is 1.02. The lowest BCUT2D eigenvalue weighted by atomic mass is 10.1. The minimum Gasteiger partial charge on any atom is -0.352 e. The van der Waals surface area contributed by atoms with Gasteiger partial charge in [0.25, 0.3) is 0 Å². The molecule has 5 nitrogen and oxygen atoms in total. The van der Waals surface area contributed by atoms with Crippen molar-refractivity contribution in [2.45, 2.75) is 45.0 Å². The molecule has 146 valence electrons. The Balaban J connectivity index is 1.80. The van der Waals surface area contributed by atoms with Crippen LogP contribution in [0, 0.1) is 0 Å². The van der Waals surface area contributed by atoms with E-state index in [9.17, 15) is 13.2 Å². The zero-order valence-corrected chi connectivity index (χ0v) is 17.1. The van der Waals surface area contributed by atoms with Crippen molar-refractivity contribution in [1.29, 1.82) is 0 Å². The molecule has 0 fully saturated rings. The highest BCUT2D eigenvalue weighted by atomic mass is 35.5. The van der Waals surface area contributed by atoms with Gasteiger partial charge in [0.15, 0.2) is 0 Å². The van der Waals surface area contributed by atoms with E-state index in [1.54, 1.807) is 32.0 Å². The molecule has 0 saturated carbocycles. The molecule has 0 spiro atoms. The van der Waals surface area contributed by atoms with Gasteiger partial charge in [-0.15, -0.1) is 0 Å². The molecule has 0 aromatic heterocycles. The molecule has 0 saturated heterocycles. The molecular weight excluding hydrogens is 384 g/mol. The second-order valence-electron chi connectivity index (χ2n) is 6.75. The average molecular weight is 409 g/mol. The number of nitrogens with one attached hydrogen (secondary N) is 2. The van der Waals surface area contributed by atoms with E-state index in [0.717, 1.165) is 11.1 Å². The zero-order valence-electron chi connectivity index (χ0n) is 15.5. The fourth-order valence-electron chi connectivity index (χ4n) is 2.61. The van der Waals surface area contributed by atoms with E-state index >= 15 is 0 Å². The van der Waals surface area contributed by atoms with Crippen LogP contribution in [0.4, 0.5) is 0 Å². The van der Waals surface area contributed by atoms with Crippen molar-refractivity contribution in [3.63, 3.8) is 0 Å². The maximum Gasteiger partial charge on any atom is 0.220 e. The summed E-state index contributed by atoms with van der Waals surface area (Å²) in [5, 5.41) is 3.54. The number of aryl methyl sites for hydroxylation is 1. The van der Waals surface area contributed by atoms with Gasteiger partial charge in [-0.05, 0) is 49.1 Å². The van der Waals surface area contributed by atoms with Crippen LogP contribution in [0.3, 0.4) is 0 Å². The Labute approximate surface area is 166 Å². The first-order chi connectivity index (χ1) is 12.7. The summed E-state index contributed by atoms with van der Waals surface area (Å²) in [4.78, 5) is 12.0. The van der Waals surface area contributed by atoms with Crippen LogP contribution in [-0.2, 0) is 33.5 Å². The predicted molar refractivity (Wildman–Crippen MR) is 109 cm³/mol. The number of amides is 1. The van der Waals surface area contributed by atoms with E-state index in [0.29, 0.717) is 30.0 Å². The number of hydrogen-bond acceptors (Lipinski definition) is 3. The minimum atomic E-state index is -3.34. The van der Waals surface area contributed by atoms with Crippen LogP contribution in [-0.4, -0.2) is 20.4 Å². The van der Waals surface area contributed by atoms with Gasteiger partial charge in [0, 0.05) is 24.0 Å².